The normalized spacial score (nSPS) is 15.7. The zero-order valence-corrected chi connectivity index (χ0v) is 9.34. The Hall–Kier alpha value is -0.0800. The lowest BCUT2D eigenvalue weighted by molar-refractivity contribution is 0.186. The Labute approximate surface area is 82.7 Å². The van der Waals surface area contributed by atoms with Gasteiger partial charge in [0.25, 0.3) is 0 Å². The van der Waals surface area contributed by atoms with E-state index in [1.54, 1.807) is 0 Å². The van der Waals surface area contributed by atoms with Crippen molar-refractivity contribution in [3.05, 3.63) is 0 Å². The van der Waals surface area contributed by atoms with Crippen LogP contribution in [0.5, 0.6) is 0 Å². The Bertz CT molecular complexity index is 104. The summed E-state index contributed by atoms with van der Waals surface area (Å²) in [6, 6.07) is 0.548. The molecule has 0 aliphatic heterocycles. The molecule has 0 saturated heterocycles. The van der Waals surface area contributed by atoms with Crippen LogP contribution in [0.4, 0.5) is 0 Å². The van der Waals surface area contributed by atoms with Gasteiger partial charge in [0.15, 0.2) is 0 Å². The quantitative estimate of drug-likeness (QED) is 0.572. The zero-order valence-electron chi connectivity index (χ0n) is 9.34. The molecule has 0 radical (unpaired) electrons. The molecule has 0 spiro atoms. The van der Waals surface area contributed by atoms with Crippen LogP contribution in [-0.4, -0.2) is 23.8 Å². The van der Waals surface area contributed by atoms with Gasteiger partial charge < -0.3 is 10.4 Å². The van der Waals surface area contributed by atoms with Gasteiger partial charge in [-0.2, -0.15) is 0 Å². The van der Waals surface area contributed by atoms with E-state index in [0.29, 0.717) is 6.04 Å². The molecule has 0 aromatic rings. The third-order valence-electron chi connectivity index (χ3n) is 2.25. The van der Waals surface area contributed by atoms with Crippen molar-refractivity contribution in [3.63, 3.8) is 0 Å². The maximum Gasteiger partial charge on any atom is 0.0636 e. The van der Waals surface area contributed by atoms with Crippen molar-refractivity contribution in [3.8, 4) is 0 Å². The highest BCUT2D eigenvalue weighted by Crippen LogP contribution is 2.04. The van der Waals surface area contributed by atoms with Crippen molar-refractivity contribution in [2.45, 2.75) is 65.0 Å². The molecule has 0 aromatic carbocycles. The van der Waals surface area contributed by atoms with Crippen LogP contribution in [0.25, 0.3) is 0 Å². The second-order valence-electron chi connectivity index (χ2n) is 4.01. The average Bonchev–Trinajstić information content (AvgIpc) is 2.09. The fourth-order valence-corrected chi connectivity index (χ4v) is 1.35. The van der Waals surface area contributed by atoms with Gasteiger partial charge in [0, 0.05) is 12.6 Å². The monoisotopic (exact) mass is 187 g/mol. The highest BCUT2D eigenvalue weighted by atomic mass is 16.3. The lowest BCUT2D eigenvalue weighted by atomic mass is 10.1. The number of rotatable bonds is 8. The van der Waals surface area contributed by atoms with Crippen LogP contribution in [0.3, 0.4) is 0 Å². The first-order valence-electron chi connectivity index (χ1n) is 5.58. The molecule has 2 atom stereocenters. The van der Waals surface area contributed by atoms with Gasteiger partial charge in [0.2, 0.25) is 0 Å². The molecule has 0 unspecified atom stereocenters. The molecule has 0 fully saturated rings. The molecule has 2 heteroatoms. The fraction of sp³-hybridized carbons (Fsp3) is 1.00. The van der Waals surface area contributed by atoms with Crippen molar-refractivity contribution in [1.82, 2.24) is 5.32 Å². The fourth-order valence-electron chi connectivity index (χ4n) is 1.35. The standard InChI is InChI=1S/C11H25NO/c1-4-5-6-7-8-10(2)12-9-11(3)13/h10-13H,4-9H2,1-3H3/t10-,11+/m1/s1. The second-order valence-corrected chi connectivity index (χ2v) is 4.01. The van der Waals surface area contributed by atoms with E-state index in [1.807, 2.05) is 6.92 Å². The maximum atomic E-state index is 9.05. The molecule has 0 rings (SSSR count). The molecule has 13 heavy (non-hydrogen) atoms. The van der Waals surface area contributed by atoms with Gasteiger partial charge in [-0.3, -0.25) is 0 Å². The van der Waals surface area contributed by atoms with Gasteiger partial charge in [0.1, 0.15) is 0 Å². The van der Waals surface area contributed by atoms with Crippen LogP contribution < -0.4 is 5.32 Å². The van der Waals surface area contributed by atoms with Crippen LogP contribution in [0.1, 0.15) is 52.9 Å². The minimum absolute atomic E-state index is 0.224. The van der Waals surface area contributed by atoms with Crippen molar-refractivity contribution in [2.24, 2.45) is 0 Å². The SMILES string of the molecule is CCCCCC[C@@H](C)NC[C@H](C)O. The van der Waals surface area contributed by atoms with E-state index in [-0.39, 0.29) is 6.10 Å². The molecule has 2 nitrogen and oxygen atoms in total. The molecular formula is C11H25NO. The Balaban J connectivity index is 3.15. The van der Waals surface area contributed by atoms with E-state index in [2.05, 4.69) is 19.2 Å². The molecule has 0 aliphatic carbocycles. The summed E-state index contributed by atoms with van der Waals surface area (Å²) in [5.41, 5.74) is 0. The van der Waals surface area contributed by atoms with E-state index < -0.39 is 0 Å². The molecule has 0 amide bonds. The predicted octanol–water partition coefficient (Wildman–Crippen LogP) is 2.32. The first-order chi connectivity index (χ1) is 6.16. The van der Waals surface area contributed by atoms with E-state index in [9.17, 15) is 0 Å². The van der Waals surface area contributed by atoms with E-state index >= 15 is 0 Å². The predicted molar refractivity (Wildman–Crippen MR) is 57.9 cm³/mol. The Morgan fingerprint density at radius 3 is 2.38 bits per heavy atom. The summed E-state index contributed by atoms with van der Waals surface area (Å²) >= 11 is 0. The van der Waals surface area contributed by atoms with Crippen molar-refractivity contribution < 1.29 is 5.11 Å². The van der Waals surface area contributed by atoms with Crippen LogP contribution >= 0.6 is 0 Å². The lowest BCUT2D eigenvalue weighted by Crippen LogP contribution is -2.32. The van der Waals surface area contributed by atoms with Gasteiger partial charge in [0.05, 0.1) is 6.10 Å². The first kappa shape index (κ1) is 12.9. The van der Waals surface area contributed by atoms with E-state index in [4.69, 9.17) is 5.11 Å². The lowest BCUT2D eigenvalue weighted by Gasteiger charge is -2.14. The summed E-state index contributed by atoms with van der Waals surface area (Å²) in [6.07, 6.45) is 6.31. The molecule has 0 aromatic heterocycles. The molecule has 80 valence electrons. The summed E-state index contributed by atoms with van der Waals surface area (Å²) < 4.78 is 0. The molecule has 0 saturated carbocycles. The number of aliphatic hydroxyl groups is 1. The summed E-state index contributed by atoms with van der Waals surface area (Å²) in [5, 5.41) is 12.4. The molecule has 0 bridgehead atoms. The molecule has 0 heterocycles. The van der Waals surface area contributed by atoms with E-state index in [1.165, 1.54) is 32.1 Å². The number of hydrogen-bond donors (Lipinski definition) is 2. The van der Waals surface area contributed by atoms with Gasteiger partial charge in [-0.15, -0.1) is 0 Å². The molecule has 0 aliphatic rings. The highest BCUT2D eigenvalue weighted by Gasteiger charge is 2.02. The van der Waals surface area contributed by atoms with E-state index in [0.717, 1.165) is 6.54 Å². The highest BCUT2D eigenvalue weighted by molar-refractivity contribution is 4.62. The topological polar surface area (TPSA) is 32.3 Å². The molecule has 2 N–H and O–H groups in total. The van der Waals surface area contributed by atoms with Crippen molar-refractivity contribution in [1.29, 1.82) is 0 Å². The van der Waals surface area contributed by atoms with Crippen LogP contribution in [0.15, 0.2) is 0 Å². The number of unbranched alkanes of at least 4 members (excludes halogenated alkanes) is 3. The average molecular weight is 187 g/mol. The third kappa shape index (κ3) is 9.84. The van der Waals surface area contributed by atoms with Gasteiger partial charge in [-0.05, 0) is 20.3 Å². The van der Waals surface area contributed by atoms with Crippen molar-refractivity contribution >= 4 is 0 Å². The van der Waals surface area contributed by atoms with Crippen LogP contribution in [-0.2, 0) is 0 Å². The zero-order chi connectivity index (χ0) is 10.1. The minimum atomic E-state index is -0.224. The van der Waals surface area contributed by atoms with Gasteiger partial charge >= 0.3 is 0 Å². The minimum Gasteiger partial charge on any atom is -0.392 e. The Kier molecular flexibility index (Phi) is 8.46. The summed E-state index contributed by atoms with van der Waals surface area (Å²) in [4.78, 5) is 0. The maximum absolute atomic E-state index is 9.05. The van der Waals surface area contributed by atoms with Gasteiger partial charge in [-0.25, -0.2) is 0 Å². The number of nitrogens with one attached hydrogen (secondary N) is 1. The van der Waals surface area contributed by atoms with Gasteiger partial charge in [-0.1, -0.05) is 32.6 Å². The van der Waals surface area contributed by atoms with Crippen molar-refractivity contribution in [2.75, 3.05) is 6.54 Å². The van der Waals surface area contributed by atoms with Crippen LogP contribution in [0.2, 0.25) is 0 Å². The number of aliphatic hydroxyl groups excluding tert-OH is 1. The Morgan fingerprint density at radius 1 is 1.15 bits per heavy atom. The summed E-state index contributed by atoms with van der Waals surface area (Å²) in [6.45, 7) is 6.95. The van der Waals surface area contributed by atoms with Crippen LogP contribution in [0, 0.1) is 0 Å². The number of hydrogen-bond acceptors (Lipinski definition) is 2. The molecular weight excluding hydrogens is 162 g/mol. The smallest absolute Gasteiger partial charge is 0.0636 e. The third-order valence-corrected chi connectivity index (χ3v) is 2.25. The summed E-state index contributed by atoms with van der Waals surface area (Å²) in [5.74, 6) is 0. The second kappa shape index (κ2) is 8.52. The summed E-state index contributed by atoms with van der Waals surface area (Å²) in [7, 11) is 0. The Morgan fingerprint density at radius 2 is 1.85 bits per heavy atom. The first-order valence-corrected chi connectivity index (χ1v) is 5.58. The largest absolute Gasteiger partial charge is 0.392 e.